The van der Waals surface area contributed by atoms with Crippen LogP contribution in [0.3, 0.4) is 0 Å². The predicted molar refractivity (Wildman–Crippen MR) is 151 cm³/mol. The van der Waals surface area contributed by atoms with E-state index in [0.717, 1.165) is 16.7 Å². The highest BCUT2D eigenvalue weighted by Gasteiger charge is 2.56. The zero-order chi connectivity index (χ0) is 28.9. The molecule has 0 saturated heterocycles. The van der Waals surface area contributed by atoms with Gasteiger partial charge in [-0.05, 0) is 73.1 Å². The summed E-state index contributed by atoms with van der Waals surface area (Å²) in [6.45, 7) is 19.6. The number of carbonyl (C=O) groups is 3. The zero-order valence-corrected chi connectivity index (χ0v) is 24.4. The van der Waals surface area contributed by atoms with Crippen LogP contribution in [0.15, 0.2) is 58.1 Å². The van der Waals surface area contributed by atoms with Crippen LogP contribution in [0.1, 0.15) is 93.9 Å². The fraction of sp³-hybridized carbons (Fsp3) is 0.594. The molecule has 6 nitrogen and oxygen atoms in total. The van der Waals surface area contributed by atoms with Gasteiger partial charge in [-0.1, -0.05) is 55.7 Å². The zero-order valence-electron chi connectivity index (χ0n) is 24.4. The average Bonchev–Trinajstić information content (AvgIpc) is 2.80. The molecule has 2 N–H and O–H groups in total. The number of allylic oxidation sites excluding steroid dienone is 8. The lowest BCUT2D eigenvalue weighted by atomic mass is 9.61. The lowest BCUT2D eigenvalue weighted by molar-refractivity contribution is -0.138. The van der Waals surface area contributed by atoms with Crippen LogP contribution in [0.25, 0.3) is 0 Å². The highest BCUT2D eigenvalue weighted by molar-refractivity contribution is 6.12. The second-order valence-electron chi connectivity index (χ2n) is 11.7. The van der Waals surface area contributed by atoms with Crippen molar-refractivity contribution in [3.8, 4) is 0 Å². The molecule has 6 heteroatoms. The molecule has 1 aliphatic carbocycles. The molecule has 0 fully saturated rings. The summed E-state index contributed by atoms with van der Waals surface area (Å²) in [5, 5.41) is 21.2. The number of aliphatic hydroxyl groups is 1. The van der Waals surface area contributed by atoms with E-state index in [9.17, 15) is 24.6 Å². The van der Waals surface area contributed by atoms with Crippen LogP contribution in [-0.2, 0) is 19.1 Å². The van der Waals surface area contributed by atoms with E-state index < -0.39 is 35.1 Å². The minimum atomic E-state index is -1.26. The molecule has 0 bridgehead atoms. The number of carboxylic acids is 1. The Kier molecular flexibility index (Phi) is 10.5. The second kappa shape index (κ2) is 12.8. The van der Waals surface area contributed by atoms with Crippen molar-refractivity contribution in [3.05, 3.63) is 58.1 Å². The van der Waals surface area contributed by atoms with Gasteiger partial charge in [0.05, 0.1) is 23.3 Å². The molecule has 2 rings (SSSR count). The van der Waals surface area contributed by atoms with Gasteiger partial charge in [-0.2, -0.15) is 0 Å². The van der Waals surface area contributed by atoms with Gasteiger partial charge in [0.1, 0.15) is 17.6 Å². The van der Waals surface area contributed by atoms with E-state index >= 15 is 0 Å². The highest BCUT2D eigenvalue weighted by atomic mass is 16.5. The van der Waals surface area contributed by atoms with Gasteiger partial charge in [-0.3, -0.25) is 14.4 Å². The first kappa shape index (κ1) is 31.3. The molecule has 0 spiro atoms. The van der Waals surface area contributed by atoms with Crippen molar-refractivity contribution in [2.75, 3.05) is 0 Å². The number of hydrogen-bond donors (Lipinski definition) is 2. The number of ketones is 2. The molecular formula is C32H46O6. The fourth-order valence-electron chi connectivity index (χ4n) is 5.46. The number of hydrogen-bond acceptors (Lipinski definition) is 5. The molecule has 0 amide bonds. The van der Waals surface area contributed by atoms with Gasteiger partial charge >= 0.3 is 5.97 Å². The maximum atomic E-state index is 14.7. The van der Waals surface area contributed by atoms with Crippen LogP contribution in [0.5, 0.6) is 0 Å². The summed E-state index contributed by atoms with van der Waals surface area (Å²) in [6, 6.07) is 0. The highest BCUT2D eigenvalue weighted by Crippen LogP contribution is 2.54. The van der Waals surface area contributed by atoms with E-state index in [0.29, 0.717) is 25.7 Å². The van der Waals surface area contributed by atoms with E-state index in [2.05, 4.69) is 12.7 Å². The summed E-state index contributed by atoms with van der Waals surface area (Å²) in [5.41, 5.74) is 1.90. The molecular weight excluding hydrogens is 480 g/mol. The third-order valence-electron chi connectivity index (χ3n) is 7.93. The number of Topliss-reactive ketones (excluding diaryl/α,β-unsaturated/α-hetero) is 2. The molecule has 0 aromatic heterocycles. The van der Waals surface area contributed by atoms with Crippen LogP contribution in [0.4, 0.5) is 0 Å². The van der Waals surface area contributed by atoms with Crippen LogP contribution >= 0.6 is 0 Å². The second-order valence-corrected chi connectivity index (χ2v) is 11.7. The van der Waals surface area contributed by atoms with Gasteiger partial charge in [-0.15, -0.1) is 0 Å². The summed E-state index contributed by atoms with van der Waals surface area (Å²) in [5.74, 6) is -3.17. The first-order valence-electron chi connectivity index (χ1n) is 13.8. The van der Waals surface area contributed by atoms with E-state index in [4.69, 9.17) is 4.74 Å². The third-order valence-corrected chi connectivity index (χ3v) is 7.93. The standard InChI is InChI=1S/C32H46O6/c1-10-11-23(16-25(33)34)26-29(36)27-28(35)21(8)22(9)38-31(27)32(30(26)37,15-14-19(4)5)17-24(20(6)7)13-12-18(2)3/h12,14,21-24,36H,6,10-11,13,15-17H2,1-5,7-9H3,(H,33,34)/t21-,22-,23?,24?,32?/m1/s1. The van der Waals surface area contributed by atoms with Gasteiger partial charge in [0.15, 0.2) is 11.6 Å². The molecule has 38 heavy (non-hydrogen) atoms. The average molecular weight is 527 g/mol. The number of rotatable bonds is 12. The van der Waals surface area contributed by atoms with E-state index in [1.165, 1.54) is 0 Å². The van der Waals surface area contributed by atoms with E-state index in [1.807, 2.05) is 54.5 Å². The van der Waals surface area contributed by atoms with Crippen molar-refractivity contribution < 1.29 is 29.3 Å². The molecule has 3 unspecified atom stereocenters. The number of ether oxygens (including phenoxy) is 1. The molecule has 2 aliphatic rings. The number of aliphatic hydroxyl groups excluding tert-OH is 1. The molecule has 5 atom stereocenters. The summed E-state index contributed by atoms with van der Waals surface area (Å²) in [4.78, 5) is 40.2. The SMILES string of the molecule is C=C(C)C(CC=C(C)C)CC1(CC=C(C)C)C(=O)C(C(CCC)CC(=O)O)=C(O)C2=C1O[C@H](C)[C@@H](C)C2=O. The minimum Gasteiger partial charge on any atom is -0.507 e. The van der Waals surface area contributed by atoms with Crippen molar-refractivity contribution >= 4 is 17.5 Å². The fourth-order valence-corrected chi connectivity index (χ4v) is 5.46. The molecule has 0 saturated carbocycles. The molecule has 210 valence electrons. The Bertz CT molecular complexity index is 1090. The minimum absolute atomic E-state index is 0.0431. The van der Waals surface area contributed by atoms with Gasteiger partial charge in [-0.25, -0.2) is 0 Å². The summed E-state index contributed by atoms with van der Waals surface area (Å²) in [6.07, 6.45) is 5.64. The maximum absolute atomic E-state index is 14.7. The molecule has 0 aromatic rings. The topological polar surface area (TPSA) is 101 Å². The number of carboxylic acid groups (broad SMARTS) is 1. The smallest absolute Gasteiger partial charge is 0.303 e. The van der Waals surface area contributed by atoms with Gasteiger partial charge in [0.25, 0.3) is 0 Å². The molecule has 0 radical (unpaired) electrons. The Morgan fingerprint density at radius 2 is 1.71 bits per heavy atom. The largest absolute Gasteiger partial charge is 0.507 e. The Labute approximate surface area is 228 Å². The van der Waals surface area contributed by atoms with Gasteiger partial charge < -0.3 is 14.9 Å². The van der Waals surface area contributed by atoms with Crippen molar-refractivity contribution in [2.24, 2.45) is 23.2 Å². The van der Waals surface area contributed by atoms with Crippen molar-refractivity contribution in [3.63, 3.8) is 0 Å². The quantitative estimate of drug-likeness (QED) is 0.256. The monoisotopic (exact) mass is 526 g/mol. The first-order valence-corrected chi connectivity index (χ1v) is 13.8. The van der Waals surface area contributed by atoms with E-state index in [-0.39, 0.29) is 47.2 Å². The predicted octanol–water partition coefficient (Wildman–Crippen LogP) is 7.43. The Hall–Kier alpha value is -2.89. The molecule has 0 aromatic carbocycles. The molecule has 1 heterocycles. The van der Waals surface area contributed by atoms with Crippen LogP contribution in [0, 0.1) is 23.2 Å². The van der Waals surface area contributed by atoms with Crippen LogP contribution < -0.4 is 0 Å². The summed E-state index contributed by atoms with van der Waals surface area (Å²) in [7, 11) is 0. The van der Waals surface area contributed by atoms with Crippen LogP contribution in [0.2, 0.25) is 0 Å². The number of aliphatic carboxylic acids is 1. The number of carbonyl (C=O) groups excluding carboxylic acids is 2. The summed E-state index contributed by atoms with van der Waals surface area (Å²) >= 11 is 0. The Morgan fingerprint density at radius 1 is 1.11 bits per heavy atom. The van der Waals surface area contributed by atoms with E-state index in [1.54, 1.807) is 6.92 Å². The summed E-state index contributed by atoms with van der Waals surface area (Å²) < 4.78 is 6.39. The first-order chi connectivity index (χ1) is 17.7. The van der Waals surface area contributed by atoms with Crippen molar-refractivity contribution in [2.45, 2.75) is 100 Å². The molecule has 1 aliphatic heterocycles. The van der Waals surface area contributed by atoms with Gasteiger partial charge in [0, 0.05) is 11.5 Å². The lowest BCUT2D eigenvalue weighted by Gasteiger charge is -2.45. The Morgan fingerprint density at radius 3 is 2.21 bits per heavy atom. The Balaban J connectivity index is 2.94. The van der Waals surface area contributed by atoms with Crippen molar-refractivity contribution in [1.29, 1.82) is 0 Å². The normalized spacial score (nSPS) is 24.8. The van der Waals surface area contributed by atoms with Gasteiger partial charge in [0.2, 0.25) is 0 Å². The van der Waals surface area contributed by atoms with Crippen LogP contribution in [-0.4, -0.2) is 33.9 Å². The maximum Gasteiger partial charge on any atom is 0.303 e. The third kappa shape index (κ3) is 6.57. The van der Waals surface area contributed by atoms with Crippen molar-refractivity contribution in [1.82, 2.24) is 0 Å². The lowest BCUT2D eigenvalue weighted by Crippen LogP contribution is -2.48.